The Hall–Kier alpha value is -14.7. The number of nitrogens with zero attached hydrogens (tertiary/aromatic N) is 4. The summed E-state index contributed by atoms with van der Waals surface area (Å²) < 4.78 is 23.1. The highest BCUT2D eigenvalue weighted by Gasteiger charge is 2.30. The molecule has 0 unspecified atom stereocenters. The fourth-order valence-corrected chi connectivity index (χ4v) is 13.8. The molecular weight excluding hydrogens is 1660 g/mol. The largest absolute Gasteiger partial charge is 0.508 e. The van der Waals surface area contributed by atoms with Gasteiger partial charge in [0.05, 0.1) is 22.8 Å². The minimum Gasteiger partial charge on any atom is -0.508 e. The summed E-state index contributed by atoms with van der Waals surface area (Å²) in [5, 5.41) is 107. The SMILES string of the molecule is CC(C)[C@@H]1C/C=C/CC/C=C/C(=NOCC(=O)O)Cc2cc(O)cc(O)c2C(=O)O1.CC(C)[C@@H]1C/C=C/CC/C=C/C(=NOCc2ccccc2)Cc2cc(O)cc(O)c2C(=O)O1.CCON=C1/C=C/CC/C=C/C[C@@H](c2ccccc2)OC(=O)c2c(O)cc(O)cc2C1.O=C1O[C@H](c2ccccc2)C/C=C/CC/C=C/C(=NOCc2ccccc2)Cc2cc(O)cc(O)c21. The molecule has 12 rings (SSSR count). The number of aliphatic carboxylic acids is 1. The fourth-order valence-electron chi connectivity index (χ4n) is 13.8. The van der Waals surface area contributed by atoms with Gasteiger partial charge in [-0.15, -0.1) is 0 Å². The van der Waals surface area contributed by atoms with Gasteiger partial charge >= 0.3 is 29.8 Å². The minimum absolute atomic E-state index is 0.000991. The number of esters is 4. The van der Waals surface area contributed by atoms with Crippen molar-refractivity contribution in [2.75, 3.05) is 13.2 Å². The van der Waals surface area contributed by atoms with Crippen LogP contribution < -0.4 is 0 Å². The summed E-state index contributed by atoms with van der Waals surface area (Å²) in [7, 11) is 0. The number of carbonyl (C=O) groups excluding carboxylic acids is 4. The highest BCUT2D eigenvalue weighted by molar-refractivity contribution is 6.04. The Kier molecular flexibility index (Phi) is 40.4. The van der Waals surface area contributed by atoms with Crippen molar-refractivity contribution in [2.45, 2.75) is 175 Å². The van der Waals surface area contributed by atoms with Crippen molar-refractivity contribution in [1.29, 1.82) is 0 Å². The molecule has 0 radical (unpaired) electrons. The summed E-state index contributed by atoms with van der Waals surface area (Å²) in [6, 6.07) is 48.5. The van der Waals surface area contributed by atoms with Crippen LogP contribution in [-0.4, -0.2) is 124 Å². The van der Waals surface area contributed by atoms with Gasteiger partial charge in [-0.05, 0) is 163 Å². The van der Waals surface area contributed by atoms with Gasteiger partial charge in [-0.3, -0.25) is 0 Å². The molecule has 4 atom stereocenters. The first-order valence-corrected chi connectivity index (χ1v) is 43.3. The third-order valence-corrected chi connectivity index (χ3v) is 20.4. The van der Waals surface area contributed by atoms with Crippen molar-refractivity contribution in [1.82, 2.24) is 0 Å². The highest BCUT2D eigenvalue weighted by Crippen LogP contribution is 2.37. The molecule has 0 saturated heterocycles. The van der Waals surface area contributed by atoms with Gasteiger partial charge in [0.15, 0.2) is 0 Å². The lowest BCUT2D eigenvalue weighted by Gasteiger charge is -2.21. The molecule has 0 bridgehead atoms. The van der Waals surface area contributed by atoms with Crippen LogP contribution >= 0.6 is 0 Å². The molecule has 0 spiro atoms. The smallest absolute Gasteiger partial charge is 0.344 e. The van der Waals surface area contributed by atoms with E-state index in [2.05, 4.69) is 38.9 Å². The molecule has 9 N–H and O–H groups in total. The second-order valence-corrected chi connectivity index (χ2v) is 31.4. The average Bonchev–Trinajstić information content (AvgIpc) is 0.823. The summed E-state index contributed by atoms with van der Waals surface area (Å²) in [6.45, 7) is 10.1. The number of phenolic OH excluding ortho intramolecular Hbond substituents is 8. The molecule has 682 valence electrons. The lowest BCUT2D eigenvalue weighted by Crippen LogP contribution is -2.24. The number of cyclic esters (lactones) is 4. The molecule has 26 heteroatoms. The van der Waals surface area contributed by atoms with E-state index in [1.165, 1.54) is 24.3 Å². The number of aromatic hydroxyl groups is 8. The van der Waals surface area contributed by atoms with E-state index in [9.17, 15) is 64.8 Å². The van der Waals surface area contributed by atoms with Gasteiger partial charge in [0.1, 0.15) is 112 Å². The van der Waals surface area contributed by atoms with Crippen LogP contribution in [-0.2, 0) is 82.0 Å². The summed E-state index contributed by atoms with van der Waals surface area (Å²) in [5.41, 5.74) is 7.17. The third kappa shape index (κ3) is 33.3. The highest BCUT2D eigenvalue weighted by atomic mass is 16.6. The van der Waals surface area contributed by atoms with Crippen LogP contribution in [0.25, 0.3) is 0 Å². The molecule has 130 heavy (non-hydrogen) atoms. The summed E-state index contributed by atoms with van der Waals surface area (Å²) in [5.74, 6) is -5.75. The zero-order chi connectivity index (χ0) is 92.9. The average molecular weight is 1770 g/mol. The van der Waals surface area contributed by atoms with Crippen molar-refractivity contribution in [3.05, 3.63) is 334 Å². The van der Waals surface area contributed by atoms with Crippen LogP contribution in [0.3, 0.4) is 0 Å². The van der Waals surface area contributed by atoms with E-state index in [1.54, 1.807) is 6.08 Å². The van der Waals surface area contributed by atoms with Crippen LogP contribution in [0.4, 0.5) is 0 Å². The molecule has 0 saturated carbocycles. The van der Waals surface area contributed by atoms with Crippen molar-refractivity contribution >= 4 is 52.7 Å². The standard InChI is InChI=1S/C30H29NO5.C27H31NO5.C25H27NO5.C22H27NO7/c32-26-19-24-18-25(31-35-21-22-12-6-4-7-13-22)16-10-2-1-3-11-17-28(23-14-8-5-9-15-23)36-30(34)29(24)27(33)20-26;1-19(2)25-14-10-5-3-4-9-13-22(28-32-18-20-11-7-6-8-12-20)15-21-16-23(29)17-24(30)26(21)27(31)33-25;1-2-30-26-20-13-9-4-3-5-10-14-23(18-11-7-6-8-12-18)31-25(29)24-19(15-20)16-21(27)17-22(24)28;1-14(2)19-9-7-5-3-4-6-8-16(23-29-13-20(26)27)10-15-11-17(24)12-18(25)21(15)22(28)30-19/h3-16,19-20,28,32-33H,1-2,17-18,21H2;5-13,16-17,19,25,29-30H,3-4,14-15,18H2,1-2H3;5-13,16-17,23,27-28H,2-4,14-15H2,1H3;5-8,11-12,14,19,24-25H,3-4,9-10,13H2,1-2H3,(H,26,27)/b11-3+,16-10+,31-25?;10-5+,13-9+,28-22?;10-5+,13-9+,26-20?;7-5+,8-6+,23-16?/t28-;25-;23-;19-/m0000/s1. The number of allylic oxidation sites excluding steroid dienone is 12. The van der Waals surface area contributed by atoms with E-state index < -0.39 is 54.4 Å². The van der Waals surface area contributed by atoms with Gasteiger partial charge in [-0.2, -0.15) is 0 Å². The zero-order valence-electron chi connectivity index (χ0n) is 73.6. The number of carbonyl (C=O) groups is 5. The van der Waals surface area contributed by atoms with Gasteiger partial charge < -0.3 is 84.3 Å². The predicted molar refractivity (Wildman–Crippen MR) is 497 cm³/mol. The number of rotatable bonds is 15. The first-order valence-electron chi connectivity index (χ1n) is 43.3. The number of hydrogen-bond donors (Lipinski definition) is 9. The first kappa shape index (κ1) is 99.1. The fraction of sp³-hybridized carbons (Fsp3) is 0.298. The van der Waals surface area contributed by atoms with E-state index in [4.69, 9.17) is 43.4 Å². The maximum Gasteiger partial charge on any atom is 0.344 e. The topological polar surface area (TPSA) is 391 Å². The van der Waals surface area contributed by atoms with Crippen LogP contribution in [0.2, 0.25) is 0 Å². The van der Waals surface area contributed by atoms with Crippen molar-refractivity contribution in [3.63, 3.8) is 0 Å². The van der Waals surface area contributed by atoms with Gasteiger partial charge in [-0.25, -0.2) is 24.0 Å². The predicted octanol–water partition coefficient (Wildman–Crippen LogP) is 20.9. The van der Waals surface area contributed by atoms with Gasteiger partial charge in [0.2, 0.25) is 6.61 Å². The molecule has 8 aromatic carbocycles. The normalized spacial score (nSPS) is 20.5. The second kappa shape index (κ2) is 53.1. The first-order chi connectivity index (χ1) is 62.9. The molecule has 4 heterocycles. The monoisotopic (exact) mass is 1770 g/mol. The van der Waals surface area contributed by atoms with Crippen molar-refractivity contribution in [3.8, 4) is 46.0 Å². The van der Waals surface area contributed by atoms with E-state index in [0.29, 0.717) is 85.0 Å². The molecule has 0 amide bonds. The maximum absolute atomic E-state index is 13.3. The van der Waals surface area contributed by atoms with E-state index in [-0.39, 0.29) is 118 Å². The van der Waals surface area contributed by atoms with Crippen LogP contribution in [0, 0.1) is 11.8 Å². The van der Waals surface area contributed by atoms with Crippen molar-refractivity contribution in [2.24, 2.45) is 32.5 Å². The Morgan fingerprint density at radius 3 is 0.908 bits per heavy atom. The molecule has 8 aromatic rings. The number of fused-ring (bicyclic) bond motifs is 4. The Bertz CT molecular complexity index is 5440. The lowest BCUT2D eigenvalue weighted by molar-refractivity contribution is -0.142. The van der Waals surface area contributed by atoms with Gasteiger partial charge in [0, 0.05) is 75.6 Å². The second-order valence-electron chi connectivity index (χ2n) is 31.4. The Morgan fingerprint density at radius 2 is 0.615 bits per heavy atom. The van der Waals surface area contributed by atoms with Gasteiger partial charge in [0.25, 0.3) is 0 Å². The lowest BCUT2D eigenvalue weighted by atomic mass is 9.98. The molecule has 4 aliphatic rings. The summed E-state index contributed by atoms with van der Waals surface area (Å²) in [6.07, 6.45) is 38.6. The summed E-state index contributed by atoms with van der Waals surface area (Å²) in [4.78, 5) is 84.3. The molecule has 0 aliphatic carbocycles. The van der Waals surface area contributed by atoms with Crippen LogP contribution in [0.5, 0.6) is 46.0 Å². The molecule has 0 aromatic heterocycles. The Labute approximate surface area is 757 Å². The number of oxime groups is 4. The van der Waals surface area contributed by atoms with E-state index in [1.807, 2.05) is 229 Å². The number of carboxylic acids is 1. The minimum atomic E-state index is -1.17. The molecular formula is C104H114N4O22. The van der Waals surface area contributed by atoms with Gasteiger partial charge in [-0.1, -0.05) is 243 Å². The number of phenols is 8. The summed E-state index contributed by atoms with van der Waals surface area (Å²) >= 11 is 0. The quantitative estimate of drug-likeness (QED) is 0.0199. The number of hydrogen-bond acceptors (Lipinski definition) is 25. The van der Waals surface area contributed by atoms with E-state index >= 15 is 0 Å². The number of benzene rings is 8. The number of ether oxygens (including phenoxy) is 4. The van der Waals surface area contributed by atoms with E-state index in [0.717, 1.165) is 97.9 Å². The third-order valence-electron chi connectivity index (χ3n) is 20.4. The molecule has 26 nitrogen and oxygen atoms in total. The zero-order valence-corrected chi connectivity index (χ0v) is 73.6. The Balaban J connectivity index is 0.000000196. The van der Waals surface area contributed by atoms with Crippen LogP contribution in [0.15, 0.2) is 288 Å². The molecule has 4 aliphatic heterocycles. The number of carboxylic acid groups (broad SMARTS) is 1. The molecule has 0 fully saturated rings. The maximum atomic E-state index is 13.3. The Morgan fingerprint density at radius 1 is 0.346 bits per heavy atom. The van der Waals surface area contributed by atoms with Crippen LogP contribution in [0.1, 0.15) is 210 Å². The van der Waals surface area contributed by atoms with Crippen molar-refractivity contribution < 1.29 is 108 Å².